The van der Waals surface area contributed by atoms with Gasteiger partial charge in [0.2, 0.25) is 11.8 Å². The van der Waals surface area contributed by atoms with Gasteiger partial charge in [0.05, 0.1) is 12.8 Å². The predicted molar refractivity (Wildman–Crippen MR) is 79.4 cm³/mol. The van der Waals surface area contributed by atoms with E-state index in [0.29, 0.717) is 18.1 Å². The Morgan fingerprint density at radius 1 is 1.32 bits per heavy atom. The molecule has 2 aliphatic rings. The van der Waals surface area contributed by atoms with E-state index >= 15 is 0 Å². The van der Waals surface area contributed by atoms with Crippen LogP contribution in [0.1, 0.15) is 55.3 Å². The number of ether oxygens (including phenoxy) is 1. The molecule has 120 valence electrons. The van der Waals surface area contributed by atoms with E-state index in [1.165, 1.54) is 6.20 Å². The third-order valence-electron chi connectivity index (χ3n) is 4.49. The van der Waals surface area contributed by atoms with Crippen LogP contribution < -0.4 is 15.8 Å². The Labute approximate surface area is 129 Å². The summed E-state index contributed by atoms with van der Waals surface area (Å²) in [4.78, 5) is 24.0. The maximum atomic E-state index is 12.6. The highest BCUT2D eigenvalue weighted by Gasteiger charge is 2.36. The van der Waals surface area contributed by atoms with E-state index in [9.17, 15) is 9.59 Å². The molecule has 2 amide bonds. The molecule has 0 unspecified atom stereocenters. The summed E-state index contributed by atoms with van der Waals surface area (Å²) in [7, 11) is 0. The van der Waals surface area contributed by atoms with Gasteiger partial charge in [0.1, 0.15) is 5.56 Å². The van der Waals surface area contributed by atoms with Crippen molar-refractivity contribution in [2.45, 2.75) is 57.0 Å². The van der Waals surface area contributed by atoms with Gasteiger partial charge in [-0.1, -0.05) is 19.3 Å². The van der Waals surface area contributed by atoms with Crippen LogP contribution in [-0.4, -0.2) is 33.7 Å². The molecule has 1 aliphatic carbocycles. The number of carbonyl (C=O) groups is 2. The Morgan fingerprint density at radius 2 is 2.09 bits per heavy atom. The summed E-state index contributed by atoms with van der Waals surface area (Å²) in [5.74, 6) is -0.0874. The number of hydrogen-bond acceptors (Lipinski definition) is 4. The van der Waals surface area contributed by atoms with Crippen LogP contribution in [0.25, 0.3) is 0 Å². The minimum Gasteiger partial charge on any atom is -0.477 e. The summed E-state index contributed by atoms with van der Waals surface area (Å²) >= 11 is 0. The van der Waals surface area contributed by atoms with E-state index in [1.54, 1.807) is 4.68 Å². The van der Waals surface area contributed by atoms with Gasteiger partial charge < -0.3 is 15.8 Å². The van der Waals surface area contributed by atoms with Gasteiger partial charge in [-0.15, -0.1) is 0 Å². The minimum absolute atomic E-state index is 0.184. The number of primary amides is 1. The molecule has 22 heavy (non-hydrogen) atoms. The Hall–Kier alpha value is -2.05. The second-order valence-corrected chi connectivity index (χ2v) is 6.23. The van der Waals surface area contributed by atoms with Gasteiger partial charge in [0.25, 0.3) is 5.91 Å². The lowest BCUT2D eigenvalue weighted by atomic mass is 9.79. The first-order valence-electron chi connectivity index (χ1n) is 7.89. The van der Waals surface area contributed by atoms with Crippen LogP contribution in [0.3, 0.4) is 0 Å². The molecular weight excluding hydrogens is 284 g/mol. The lowest BCUT2D eigenvalue weighted by Crippen LogP contribution is -2.52. The molecule has 0 spiro atoms. The number of fused-ring (bicyclic) bond motifs is 1. The van der Waals surface area contributed by atoms with Crippen molar-refractivity contribution >= 4 is 11.8 Å². The van der Waals surface area contributed by atoms with Crippen LogP contribution in [0.5, 0.6) is 5.88 Å². The number of rotatable bonds is 4. The first-order valence-corrected chi connectivity index (χ1v) is 7.89. The van der Waals surface area contributed by atoms with E-state index in [2.05, 4.69) is 10.4 Å². The van der Waals surface area contributed by atoms with Gasteiger partial charge in [-0.05, 0) is 12.8 Å². The second-order valence-electron chi connectivity index (χ2n) is 6.23. The zero-order valence-electron chi connectivity index (χ0n) is 12.6. The summed E-state index contributed by atoms with van der Waals surface area (Å²) in [5, 5.41) is 7.24. The number of nitrogens with one attached hydrogen (secondary N) is 1. The topological polar surface area (TPSA) is 99.2 Å². The number of nitrogens with two attached hydrogens (primary N) is 1. The largest absolute Gasteiger partial charge is 0.477 e. The lowest BCUT2D eigenvalue weighted by Gasteiger charge is -2.37. The minimum atomic E-state index is -0.523. The number of amides is 2. The molecular formula is C15H22N4O3. The molecule has 7 nitrogen and oxygen atoms in total. The molecule has 3 rings (SSSR count). The summed E-state index contributed by atoms with van der Waals surface area (Å²) in [6.45, 7) is 1.35. The van der Waals surface area contributed by atoms with Crippen LogP contribution in [-0.2, 0) is 11.3 Å². The standard InChI is InChI=1S/C15H22N4O3/c16-12(20)9-15(5-2-1-3-6-15)18-13(21)11-10-17-19-7-4-8-22-14(11)19/h10H,1-9H2,(H2,16,20)(H,18,21). The average Bonchev–Trinajstić information content (AvgIpc) is 2.91. The summed E-state index contributed by atoms with van der Waals surface area (Å²) in [6, 6.07) is 0. The van der Waals surface area contributed by atoms with Crippen molar-refractivity contribution in [3.8, 4) is 5.88 Å². The molecule has 3 N–H and O–H groups in total. The summed E-state index contributed by atoms with van der Waals surface area (Å²) in [5.41, 5.74) is 5.30. The summed E-state index contributed by atoms with van der Waals surface area (Å²) in [6.07, 6.45) is 7.30. The lowest BCUT2D eigenvalue weighted by molar-refractivity contribution is -0.119. The molecule has 0 saturated heterocycles. The third kappa shape index (κ3) is 2.93. The number of aryl methyl sites for hydroxylation is 1. The second kappa shape index (κ2) is 5.98. The fourth-order valence-electron chi connectivity index (χ4n) is 3.44. The number of aromatic nitrogens is 2. The van der Waals surface area contributed by atoms with E-state index in [4.69, 9.17) is 10.5 Å². The number of nitrogens with zero attached hydrogens (tertiary/aromatic N) is 2. The molecule has 2 heterocycles. The first kappa shape index (κ1) is 14.9. The van der Waals surface area contributed by atoms with Crippen molar-refractivity contribution in [3.05, 3.63) is 11.8 Å². The zero-order valence-corrected chi connectivity index (χ0v) is 12.6. The van der Waals surface area contributed by atoms with E-state index in [1.807, 2.05) is 0 Å². The predicted octanol–water partition coefficient (Wildman–Crippen LogP) is 0.974. The van der Waals surface area contributed by atoms with E-state index < -0.39 is 5.54 Å². The quantitative estimate of drug-likeness (QED) is 0.866. The Balaban J connectivity index is 1.79. The van der Waals surface area contributed by atoms with Gasteiger partial charge in [0, 0.05) is 24.9 Å². The molecule has 1 fully saturated rings. The van der Waals surface area contributed by atoms with Gasteiger partial charge in [-0.25, -0.2) is 4.68 Å². The van der Waals surface area contributed by atoms with Crippen molar-refractivity contribution < 1.29 is 14.3 Å². The van der Waals surface area contributed by atoms with Crippen molar-refractivity contribution in [1.29, 1.82) is 0 Å². The molecule has 1 saturated carbocycles. The average molecular weight is 306 g/mol. The highest BCUT2D eigenvalue weighted by Crippen LogP contribution is 2.32. The molecule has 0 atom stereocenters. The number of carbonyl (C=O) groups excluding carboxylic acids is 2. The highest BCUT2D eigenvalue weighted by atomic mass is 16.5. The Kier molecular flexibility index (Phi) is 4.04. The number of hydrogen-bond donors (Lipinski definition) is 2. The van der Waals surface area contributed by atoms with E-state index in [-0.39, 0.29) is 18.2 Å². The van der Waals surface area contributed by atoms with Crippen LogP contribution >= 0.6 is 0 Å². The Bertz CT molecular complexity index is 575. The van der Waals surface area contributed by atoms with Gasteiger partial charge in [-0.3, -0.25) is 9.59 Å². The zero-order chi connectivity index (χ0) is 15.6. The molecule has 0 bridgehead atoms. The van der Waals surface area contributed by atoms with Gasteiger partial charge >= 0.3 is 0 Å². The highest BCUT2D eigenvalue weighted by molar-refractivity contribution is 5.97. The van der Waals surface area contributed by atoms with Crippen LogP contribution in [0, 0.1) is 0 Å². The third-order valence-corrected chi connectivity index (χ3v) is 4.49. The fraction of sp³-hybridized carbons (Fsp3) is 0.667. The van der Waals surface area contributed by atoms with Crippen molar-refractivity contribution in [3.63, 3.8) is 0 Å². The Morgan fingerprint density at radius 3 is 2.82 bits per heavy atom. The van der Waals surface area contributed by atoms with Crippen molar-refractivity contribution in [2.75, 3.05) is 6.61 Å². The molecule has 7 heteroatoms. The van der Waals surface area contributed by atoms with Gasteiger partial charge in [-0.2, -0.15) is 5.10 Å². The van der Waals surface area contributed by atoms with Crippen LogP contribution in [0.15, 0.2) is 6.20 Å². The summed E-state index contributed by atoms with van der Waals surface area (Å²) < 4.78 is 7.28. The SMILES string of the molecule is NC(=O)CC1(NC(=O)c2cnn3c2OCCC3)CCCCC1. The molecule has 1 aromatic heterocycles. The van der Waals surface area contributed by atoms with Crippen LogP contribution in [0.2, 0.25) is 0 Å². The molecule has 0 aromatic carbocycles. The fourth-order valence-corrected chi connectivity index (χ4v) is 3.44. The van der Waals surface area contributed by atoms with Crippen LogP contribution in [0.4, 0.5) is 0 Å². The van der Waals surface area contributed by atoms with Crippen molar-refractivity contribution in [1.82, 2.24) is 15.1 Å². The normalized spacial score (nSPS) is 19.8. The smallest absolute Gasteiger partial charge is 0.258 e. The van der Waals surface area contributed by atoms with Gasteiger partial charge in [0.15, 0.2) is 0 Å². The molecule has 1 aliphatic heterocycles. The maximum absolute atomic E-state index is 12.6. The van der Waals surface area contributed by atoms with Crippen molar-refractivity contribution in [2.24, 2.45) is 5.73 Å². The maximum Gasteiger partial charge on any atom is 0.258 e. The first-order chi connectivity index (χ1) is 10.6. The molecule has 0 radical (unpaired) electrons. The monoisotopic (exact) mass is 306 g/mol. The van der Waals surface area contributed by atoms with E-state index in [0.717, 1.165) is 45.1 Å². The molecule has 1 aromatic rings.